The molecular weight excluding hydrogens is 358 g/mol. The number of amides is 1. The number of hydrazone groups is 1. The largest absolute Gasteiger partial charge is 0.360 e. The summed E-state index contributed by atoms with van der Waals surface area (Å²) in [6, 6.07) is 14.1. The number of benzene rings is 2. The van der Waals surface area contributed by atoms with Crippen LogP contribution in [-0.4, -0.2) is 28.6 Å². The van der Waals surface area contributed by atoms with Crippen LogP contribution >= 0.6 is 11.3 Å². The van der Waals surface area contributed by atoms with E-state index < -0.39 is 0 Å². The number of aromatic amines is 1. The Hall–Kier alpha value is -3.19. The minimum Gasteiger partial charge on any atom is -0.360 e. The quantitative estimate of drug-likeness (QED) is 0.352. The molecule has 0 fully saturated rings. The molecule has 7 heteroatoms. The van der Waals surface area contributed by atoms with Crippen molar-refractivity contribution in [2.45, 2.75) is 13.3 Å². The van der Waals surface area contributed by atoms with Gasteiger partial charge in [0.25, 0.3) is 5.91 Å². The van der Waals surface area contributed by atoms with Crippen LogP contribution in [0.5, 0.6) is 0 Å². The molecule has 2 aromatic carbocycles. The molecule has 0 aliphatic rings. The monoisotopic (exact) mass is 377 g/mol. The molecule has 0 aliphatic carbocycles. The highest BCUT2D eigenvalue weighted by molar-refractivity contribution is 7.22. The molecule has 0 bridgehead atoms. The normalized spacial score (nSPS) is 11.4. The van der Waals surface area contributed by atoms with Gasteiger partial charge >= 0.3 is 0 Å². The third-order valence-corrected chi connectivity index (χ3v) is 5.30. The summed E-state index contributed by atoms with van der Waals surface area (Å²) >= 11 is 1.52. The number of hydrogen-bond acceptors (Lipinski definition) is 5. The van der Waals surface area contributed by atoms with Crippen LogP contribution in [0.3, 0.4) is 0 Å². The molecule has 0 saturated carbocycles. The molecule has 4 aromatic rings. The first-order valence-electron chi connectivity index (χ1n) is 8.75. The molecule has 6 nitrogen and oxygen atoms in total. The van der Waals surface area contributed by atoms with Crippen LogP contribution in [-0.2, 0) is 11.2 Å². The molecule has 0 radical (unpaired) electrons. The van der Waals surface area contributed by atoms with Gasteiger partial charge in [0.05, 0.1) is 23.0 Å². The number of aryl methyl sites for hydroxylation is 1. The first kappa shape index (κ1) is 17.2. The molecule has 4 rings (SSSR count). The minimum absolute atomic E-state index is 0.116. The Morgan fingerprint density at radius 3 is 3.00 bits per heavy atom. The second-order valence-corrected chi connectivity index (χ2v) is 7.10. The number of carbonyl (C=O) groups is 1. The number of nitrogens with zero attached hydrogens (tertiary/aromatic N) is 2. The Kier molecular flexibility index (Phi) is 4.84. The van der Waals surface area contributed by atoms with Crippen molar-refractivity contribution in [2.24, 2.45) is 5.10 Å². The highest BCUT2D eigenvalue weighted by Gasteiger charge is 2.06. The maximum atomic E-state index is 12.0. The van der Waals surface area contributed by atoms with Gasteiger partial charge in [-0.2, -0.15) is 5.10 Å². The van der Waals surface area contributed by atoms with E-state index in [1.165, 1.54) is 16.9 Å². The van der Waals surface area contributed by atoms with Crippen LogP contribution < -0.4 is 10.7 Å². The third kappa shape index (κ3) is 3.68. The van der Waals surface area contributed by atoms with Gasteiger partial charge in [-0.05, 0) is 24.1 Å². The number of nitrogens with one attached hydrogen (secondary N) is 3. The Morgan fingerprint density at radius 2 is 2.15 bits per heavy atom. The smallest absolute Gasteiger partial charge is 0.259 e. The van der Waals surface area contributed by atoms with Crippen molar-refractivity contribution in [3.8, 4) is 0 Å². The summed E-state index contributed by atoms with van der Waals surface area (Å²) in [5.41, 5.74) is 6.80. The average molecular weight is 377 g/mol. The number of fused-ring (bicyclic) bond motifs is 2. The molecule has 2 aromatic heterocycles. The number of anilines is 1. The van der Waals surface area contributed by atoms with Crippen LogP contribution in [0.1, 0.15) is 18.1 Å². The second-order valence-electron chi connectivity index (χ2n) is 6.07. The first-order chi connectivity index (χ1) is 13.2. The molecule has 0 aliphatic heterocycles. The van der Waals surface area contributed by atoms with Gasteiger partial charge in [-0.3, -0.25) is 4.79 Å². The first-order valence-corrected chi connectivity index (χ1v) is 9.56. The van der Waals surface area contributed by atoms with Crippen LogP contribution in [0.15, 0.2) is 53.8 Å². The number of hydrogen-bond donors (Lipinski definition) is 3. The molecule has 2 heterocycles. The van der Waals surface area contributed by atoms with E-state index in [4.69, 9.17) is 0 Å². The lowest BCUT2D eigenvalue weighted by molar-refractivity contribution is -0.119. The van der Waals surface area contributed by atoms with Crippen LogP contribution in [0, 0.1) is 0 Å². The molecule has 1 amide bonds. The van der Waals surface area contributed by atoms with Gasteiger partial charge in [0.15, 0.2) is 5.13 Å². The summed E-state index contributed by atoms with van der Waals surface area (Å²) in [5, 5.41) is 8.93. The van der Waals surface area contributed by atoms with Crippen molar-refractivity contribution in [1.29, 1.82) is 0 Å². The maximum absolute atomic E-state index is 12.0. The summed E-state index contributed by atoms with van der Waals surface area (Å²) < 4.78 is 1.09. The SMILES string of the molecule is CCc1cccc2c(/C=N/NC(=O)CNc3nc4ccccc4s3)c[nH]c12. The second kappa shape index (κ2) is 7.59. The van der Waals surface area contributed by atoms with Gasteiger partial charge in [-0.1, -0.05) is 48.6 Å². The van der Waals surface area contributed by atoms with E-state index in [-0.39, 0.29) is 12.5 Å². The Balaban J connectivity index is 1.36. The Labute approximate surface area is 160 Å². The molecule has 0 atom stereocenters. The molecular formula is C20H19N5OS. The van der Waals surface area contributed by atoms with Crippen LogP contribution in [0.2, 0.25) is 0 Å². The molecule has 3 N–H and O–H groups in total. The predicted molar refractivity (Wildman–Crippen MR) is 112 cm³/mol. The zero-order valence-electron chi connectivity index (χ0n) is 14.8. The summed E-state index contributed by atoms with van der Waals surface area (Å²) in [6.07, 6.45) is 4.52. The lowest BCUT2D eigenvalue weighted by atomic mass is 10.1. The number of thiazole rings is 1. The van der Waals surface area contributed by atoms with Gasteiger partial charge in [0, 0.05) is 22.7 Å². The third-order valence-electron chi connectivity index (χ3n) is 4.30. The number of para-hydroxylation sites is 2. The summed E-state index contributed by atoms with van der Waals surface area (Å²) in [7, 11) is 0. The Bertz CT molecular complexity index is 1090. The van der Waals surface area contributed by atoms with Gasteiger partial charge < -0.3 is 10.3 Å². The van der Waals surface area contributed by atoms with E-state index in [0.29, 0.717) is 0 Å². The Morgan fingerprint density at radius 1 is 1.26 bits per heavy atom. The lowest BCUT2D eigenvalue weighted by Crippen LogP contribution is -2.25. The minimum atomic E-state index is -0.223. The van der Waals surface area contributed by atoms with Crippen molar-refractivity contribution in [1.82, 2.24) is 15.4 Å². The zero-order valence-corrected chi connectivity index (χ0v) is 15.6. The van der Waals surface area contributed by atoms with E-state index in [1.807, 2.05) is 42.6 Å². The van der Waals surface area contributed by atoms with Crippen LogP contribution in [0.25, 0.3) is 21.1 Å². The fourth-order valence-corrected chi connectivity index (χ4v) is 3.82. The number of H-pyrrole nitrogens is 1. The number of aromatic nitrogens is 2. The fourth-order valence-electron chi connectivity index (χ4n) is 2.96. The van der Waals surface area contributed by atoms with E-state index in [9.17, 15) is 4.79 Å². The molecule has 27 heavy (non-hydrogen) atoms. The van der Waals surface area contributed by atoms with Gasteiger partial charge in [-0.25, -0.2) is 10.4 Å². The molecule has 0 spiro atoms. The topological polar surface area (TPSA) is 82.2 Å². The van der Waals surface area contributed by atoms with Crippen LogP contribution in [0.4, 0.5) is 5.13 Å². The number of rotatable bonds is 6. The highest BCUT2D eigenvalue weighted by Crippen LogP contribution is 2.25. The predicted octanol–water partition coefficient (Wildman–Crippen LogP) is 3.90. The standard InChI is InChI=1S/C20H19N5OS/c1-2-13-6-5-7-15-14(10-21-19(13)15)11-23-25-18(26)12-22-20-24-16-8-3-4-9-17(16)27-20/h3-11,21H,2,12H2,1H3,(H,22,24)(H,25,26)/b23-11+. The lowest BCUT2D eigenvalue weighted by Gasteiger charge is -2.01. The number of carbonyl (C=O) groups excluding carboxylic acids is 1. The van der Waals surface area contributed by atoms with E-state index in [2.05, 4.69) is 38.8 Å². The van der Waals surface area contributed by atoms with E-state index >= 15 is 0 Å². The van der Waals surface area contributed by atoms with Crippen molar-refractivity contribution >= 4 is 49.7 Å². The van der Waals surface area contributed by atoms with Gasteiger partial charge in [0.1, 0.15) is 0 Å². The van der Waals surface area contributed by atoms with Crippen molar-refractivity contribution in [3.05, 3.63) is 59.8 Å². The van der Waals surface area contributed by atoms with Gasteiger partial charge in [0.2, 0.25) is 0 Å². The van der Waals surface area contributed by atoms with E-state index in [1.54, 1.807) is 6.21 Å². The summed E-state index contributed by atoms with van der Waals surface area (Å²) in [6.45, 7) is 2.24. The molecule has 0 unspecified atom stereocenters. The maximum Gasteiger partial charge on any atom is 0.259 e. The van der Waals surface area contributed by atoms with Gasteiger partial charge in [-0.15, -0.1) is 0 Å². The van der Waals surface area contributed by atoms with Crippen molar-refractivity contribution < 1.29 is 4.79 Å². The zero-order chi connectivity index (χ0) is 18.6. The van der Waals surface area contributed by atoms with Crippen molar-refractivity contribution in [3.63, 3.8) is 0 Å². The van der Waals surface area contributed by atoms with Crippen molar-refractivity contribution in [2.75, 3.05) is 11.9 Å². The van der Waals surface area contributed by atoms with E-state index in [0.717, 1.165) is 38.2 Å². The molecule has 0 saturated heterocycles. The molecule has 136 valence electrons. The summed E-state index contributed by atoms with van der Waals surface area (Å²) in [5.74, 6) is -0.223. The fraction of sp³-hybridized carbons (Fsp3) is 0.150. The average Bonchev–Trinajstić information content (AvgIpc) is 3.30. The highest BCUT2D eigenvalue weighted by atomic mass is 32.1. The summed E-state index contributed by atoms with van der Waals surface area (Å²) in [4.78, 5) is 19.7.